The molecule has 0 saturated carbocycles. The Morgan fingerprint density at radius 3 is 2.44 bits per heavy atom. The van der Waals surface area contributed by atoms with Crippen LogP contribution in [0.15, 0.2) is 72.9 Å². The quantitative estimate of drug-likeness (QED) is 0.366. The Kier molecular flexibility index (Phi) is 7.65. The van der Waals surface area contributed by atoms with Crippen LogP contribution in [0.1, 0.15) is 29.4 Å². The first kappa shape index (κ1) is 24.9. The number of benzene rings is 2. The lowest BCUT2D eigenvalue weighted by molar-refractivity contribution is -0.124. The summed E-state index contributed by atoms with van der Waals surface area (Å²) in [4.78, 5) is 45.4. The van der Waals surface area contributed by atoms with Gasteiger partial charge in [-0.15, -0.1) is 0 Å². The molecule has 2 heterocycles. The number of amides is 2. The minimum atomic E-state index is -0.886. The maximum atomic E-state index is 13.5. The second-order valence-corrected chi connectivity index (χ2v) is 8.31. The van der Waals surface area contributed by atoms with Crippen molar-refractivity contribution in [2.24, 2.45) is 0 Å². The normalized spacial score (nSPS) is 15.2. The number of carbonyl (C=O) groups excluding carboxylic acids is 3. The second kappa shape index (κ2) is 11.0. The number of halogens is 1. The number of hydrogen-bond donors (Lipinski definition) is 1. The fourth-order valence-corrected chi connectivity index (χ4v) is 4.19. The maximum Gasteiger partial charge on any atom is 0.338 e. The Hall–Kier alpha value is -4.18. The van der Waals surface area contributed by atoms with Crippen LogP contribution >= 0.6 is 12.2 Å². The van der Waals surface area contributed by atoms with Crippen LogP contribution in [-0.4, -0.2) is 45.4 Å². The molecule has 1 N–H and O–H groups in total. The summed E-state index contributed by atoms with van der Waals surface area (Å²) in [6.07, 6.45) is 1.46. The molecule has 0 unspecified atom stereocenters. The summed E-state index contributed by atoms with van der Waals surface area (Å²) in [5.74, 6) is -1.69. The van der Waals surface area contributed by atoms with Gasteiger partial charge < -0.3 is 15.0 Å². The zero-order chi connectivity index (χ0) is 25.7. The molecule has 8 nitrogen and oxygen atoms in total. The summed E-state index contributed by atoms with van der Waals surface area (Å²) in [5, 5.41) is 2.95. The van der Waals surface area contributed by atoms with Gasteiger partial charge in [0, 0.05) is 11.9 Å². The van der Waals surface area contributed by atoms with Crippen molar-refractivity contribution in [3.05, 3.63) is 90.0 Å². The number of carbonyl (C=O) groups is 3. The van der Waals surface area contributed by atoms with Crippen molar-refractivity contribution in [2.75, 3.05) is 16.8 Å². The van der Waals surface area contributed by atoms with Crippen molar-refractivity contribution in [3.63, 3.8) is 0 Å². The van der Waals surface area contributed by atoms with Gasteiger partial charge in [0.15, 0.2) is 5.11 Å². The predicted octanol–water partition coefficient (Wildman–Crippen LogP) is 3.93. The minimum Gasteiger partial charge on any atom is -0.462 e. The lowest BCUT2D eigenvalue weighted by atomic mass is 10.1. The molecule has 1 fully saturated rings. The van der Waals surface area contributed by atoms with Crippen LogP contribution in [0.2, 0.25) is 0 Å². The van der Waals surface area contributed by atoms with Crippen LogP contribution in [0.25, 0.3) is 0 Å². The van der Waals surface area contributed by atoms with Gasteiger partial charge in [0.2, 0.25) is 5.91 Å². The van der Waals surface area contributed by atoms with Crippen LogP contribution in [0.5, 0.6) is 0 Å². The van der Waals surface area contributed by atoms with E-state index in [9.17, 15) is 18.8 Å². The molecule has 10 heteroatoms. The summed E-state index contributed by atoms with van der Waals surface area (Å²) in [6, 6.07) is 16.2. The topological polar surface area (TPSA) is 91.8 Å². The van der Waals surface area contributed by atoms with Gasteiger partial charge in [0.1, 0.15) is 11.9 Å². The molecule has 1 saturated heterocycles. The first-order valence-electron chi connectivity index (χ1n) is 11.2. The monoisotopic (exact) mass is 506 g/mol. The summed E-state index contributed by atoms with van der Waals surface area (Å²) in [5.41, 5.74) is 1.92. The number of thiocarbonyl (C=S) groups is 1. The van der Waals surface area contributed by atoms with Gasteiger partial charge in [-0.05, 0) is 79.8 Å². The Labute approximate surface area is 212 Å². The molecular formula is C26H23FN4O4S. The number of anilines is 2. The number of ether oxygens (including phenoxy) is 1. The van der Waals surface area contributed by atoms with E-state index in [0.717, 1.165) is 0 Å². The van der Waals surface area contributed by atoms with Crippen molar-refractivity contribution < 1.29 is 23.5 Å². The van der Waals surface area contributed by atoms with E-state index in [1.54, 1.807) is 54.4 Å². The number of rotatable bonds is 8. The highest BCUT2D eigenvalue weighted by Gasteiger charge is 2.44. The van der Waals surface area contributed by atoms with Crippen LogP contribution in [0.3, 0.4) is 0 Å². The third-order valence-corrected chi connectivity index (χ3v) is 5.94. The zero-order valence-corrected chi connectivity index (χ0v) is 20.2. The molecule has 2 amide bonds. The Balaban J connectivity index is 1.53. The van der Waals surface area contributed by atoms with Gasteiger partial charge in [-0.25, -0.2) is 9.18 Å². The van der Waals surface area contributed by atoms with Gasteiger partial charge in [-0.3, -0.25) is 19.5 Å². The highest BCUT2D eigenvalue weighted by molar-refractivity contribution is 7.80. The Morgan fingerprint density at radius 1 is 1.08 bits per heavy atom. The van der Waals surface area contributed by atoms with E-state index < -0.39 is 29.6 Å². The number of aromatic nitrogens is 1. The third-order valence-electron chi connectivity index (χ3n) is 5.52. The molecule has 184 valence electrons. The molecule has 3 aromatic rings. The van der Waals surface area contributed by atoms with E-state index in [4.69, 9.17) is 17.0 Å². The standard InChI is InChI=1S/C26H23FN4O4S/c1-2-35-25(34)17-6-10-19(11-7-17)29-23(32)15-22-24(33)31(21-12-8-18(27)9-13-21)26(36)30(22)16-20-5-3-4-14-28-20/h3-14,22H,2,15-16H2,1H3,(H,29,32)/t22-/m1/s1. The number of nitrogens with one attached hydrogen (secondary N) is 1. The van der Waals surface area contributed by atoms with Gasteiger partial charge in [-0.2, -0.15) is 0 Å². The van der Waals surface area contributed by atoms with E-state index in [1.165, 1.54) is 29.2 Å². The maximum absolute atomic E-state index is 13.5. The van der Waals surface area contributed by atoms with Crippen molar-refractivity contribution in [3.8, 4) is 0 Å². The Morgan fingerprint density at radius 2 is 1.81 bits per heavy atom. The molecule has 4 rings (SSSR count). The third kappa shape index (κ3) is 5.55. The fraction of sp³-hybridized carbons (Fsp3) is 0.192. The van der Waals surface area contributed by atoms with E-state index in [0.29, 0.717) is 22.6 Å². The smallest absolute Gasteiger partial charge is 0.338 e. The van der Waals surface area contributed by atoms with E-state index in [-0.39, 0.29) is 24.7 Å². The van der Waals surface area contributed by atoms with Gasteiger partial charge in [-0.1, -0.05) is 6.07 Å². The minimum absolute atomic E-state index is 0.177. The number of nitrogens with zero attached hydrogens (tertiary/aromatic N) is 3. The Bertz CT molecular complexity index is 1270. The largest absolute Gasteiger partial charge is 0.462 e. The lowest BCUT2D eigenvalue weighted by Gasteiger charge is -2.23. The van der Waals surface area contributed by atoms with Crippen molar-refractivity contribution >= 4 is 46.5 Å². The molecule has 1 atom stereocenters. The van der Waals surface area contributed by atoms with Crippen LogP contribution in [0, 0.1) is 5.82 Å². The highest BCUT2D eigenvalue weighted by atomic mass is 32.1. The van der Waals surface area contributed by atoms with Crippen molar-refractivity contribution in [1.29, 1.82) is 0 Å². The van der Waals surface area contributed by atoms with Gasteiger partial charge in [0.05, 0.1) is 36.5 Å². The number of esters is 1. The number of pyridine rings is 1. The SMILES string of the molecule is CCOC(=O)c1ccc(NC(=O)C[C@@H]2C(=O)N(c3ccc(F)cc3)C(=S)N2Cc2ccccn2)cc1. The van der Waals surface area contributed by atoms with Crippen LogP contribution in [-0.2, 0) is 20.9 Å². The first-order chi connectivity index (χ1) is 17.4. The first-order valence-corrected chi connectivity index (χ1v) is 11.6. The molecule has 0 aliphatic carbocycles. The van der Waals surface area contributed by atoms with Gasteiger partial charge in [0.25, 0.3) is 5.91 Å². The summed E-state index contributed by atoms with van der Waals surface area (Å²) in [7, 11) is 0. The molecular weight excluding hydrogens is 483 g/mol. The van der Waals surface area contributed by atoms with E-state index in [2.05, 4.69) is 10.3 Å². The fourth-order valence-electron chi connectivity index (χ4n) is 3.80. The second-order valence-electron chi connectivity index (χ2n) is 7.95. The van der Waals surface area contributed by atoms with Crippen molar-refractivity contribution in [2.45, 2.75) is 25.9 Å². The van der Waals surface area contributed by atoms with E-state index >= 15 is 0 Å². The molecule has 1 aromatic heterocycles. The molecule has 0 spiro atoms. The average molecular weight is 507 g/mol. The van der Waals surface area contributed by atoms with E-state index in [1.807, 2.05) is 6.07 Å². The number of hydrogen-bond acceptors (Lipinski definition) is 6. The zero-order valence-electron chi connectivity index (χ0n) is 19.4. The van der Waals surface area contributed by atoms with Crippen molar-refractivity contribution in [1.82, 2.24) is 9.88 Å². The molecule has 1 aliphatic rings. The molecule has 0 bridgehead atoms. The van der Waals surface area contributed by atoms with Crippen LogP contribution in [0.4, 0.5) is 15.8 Å². The summed E-state index contributed by atoms with van der Waals surface area (Å²) in [6.45, 7) is 2.20. The lowest BCUT2D eigenvalue weighted by Crippen LogP contribution is -2.37. The van der Waals surface area contributed by atoms with Gasteiger partial charge >= 0.3 is 5.97 Å². The summed E-state index contributed by atoms with van der Waals surface area (Å²) < 4.78 is 18.4. The molecule has 0 radical (unpaired) electrons. The average Bonchev–Trinajstić information content (AvgIpc) is 3.09. The molecule has 2 aromatic carbocycles. The highest BCUT2D eigenvalue weighted by Crippen LogP contribution is 2.29. The molecule has 36 heavy (non-hydrogen) atoms. The predicted molar refractivity (Wildman–Crippen MR) is 136 cm³/mol. The van der Waals surface area contributed by atoms with Crippen LogP contribution < -0.4 is 10.2 Å². The summed E-state index contributed by atoms with van der Waals surface area (Å²) >= 11 is 5.61. The molecule has 1 aliphatic heterocycles.